The Labute approximate surface area is 78.5 Å². The van der Waals surface area contributed by atoms with Gasteiger partial charge in [-0.3, -0.25) is 0 Å². The van der Waals surface area contributed by atoms with Crippen molar-refractivity contribution >= 4 is 16.5 Å². The van der Waals surface area contributed by atoms with Gasteiger partial charge in [-0.15, -0.1) is 19.6 Å². The van der Waals surface area contributed by atoms with Gasteiger partial charge in [-0.25, -0.2) is 0 Å². The highest BCUT2D eigenvalue weighted by atomic mass is 31.1. The van der Waals surface area contributed by atoms with E-state index in [1.165, 1.54) is 0 Å². The fraction of sp³-hybridized carbons (Fsp3) is 1.00. The van der Waals surface area contributed by atoms with Crippen LogP contribution >= 0.6 is 16.5 Å². The summed E-state index contributed by atoms with van der Waals surface area (Å²) in [5.74, 6) is 0. The van der Waals surface area contributed by atoms with Gasteiger partial charge >= 0.3 is 16.5 Å². The highest BCUT2D eigenvalue weighted by Gasteiger charge is 1.93. The molecule has 9 heteroatoms. The number of hydrogen-bond acceptors (Lipinski definition) is 3. The van der Waals surface area contributed by atoms with Crippen LogP contribution in [-0.2, 0) is 9.13 Å². The van der Waals surface area contributed by atoms with Crippen LogP contribution in [0.4, 0.5) is 0 Å². The molecule has 0 aliphatic heterocycles. The SMILES string of the molecule is CCN(C)C.O=[P+](O)O.O=[P+](O)O. The summed E-state index contributed by atoms with van der Waals surface area (Å²) < 4.78 is 17.4. The smallest absolute Gasteiger partial charge is 0.310 e. The topological polar surface area (TPSA) is 118 Å². The minimum absolute atomic E-state index is 1.14. The van der Waals surface area contributed by atoms with Gasteiger partial charge in [0.25, 0.3) is 0 Å². The molecule has 0 atom stereocenters. The summed E-state index contributed by atoms with van der Waals surface area (Å²) in [5.41, 5.74) is 0. The molecule has 0 aromatic heterocycles. The third-order valence-corrected chi connectivity index (χ3v) is 0.632. The molecule has 0 radical (unpaired) electrons. The van der Waals surface area contributed by atoms with Gasteiger partial charge in [0.1, 0.15) is 0 Å². The van der Waals surface area contributed by atoms with Crippen molar-refractivity contribution in [3.63, 3.8) is 0 Å². The van der Waals surface area contributed by atoms with Crippen molar-refractivity contribution in [1.29, 1.82) is 0 Å². The highest BCUT2D eigenvalue weighted by Crippen LogP contribution is 1.98. The molecule has 7 nitrogen and oxygen atoms in total. The zero-order valence-electron chi connectivity index (χ0n) is 7.65. The maximum Gasteiger partial charge on any atom is 0.692 e. The Kier molecular flexibility index (Phi) is 20.9. The molecule has 4 N–H and O–H groups in total. The van der Waals surface area contributed by atoms with Crippen LogP contribution in [0, 0.1) is 0 Å². The molecule has 0 saturated heterocycles. The summed E-state index contributed by atoms with van der Waals surface area (Å²) >= 11 is 0. The zero-order valence-corrected chi connectivity index (χ0v) is 9.44. The lowest BCUT2D eigenvalue weighted by molar-refractivity contribution is 0.403. The van der Waals surface area contributed by atoms with Gasteiger partial charge in [0.15, 0.2) is 0 Å². The van der Waals surface area contributed by atoms with Gasteiger partial charge in [-0.1, -0.05) is 6.92 Å². The van der Waals surface area contributed by atoms with Gasteiger partial charge in [0.2, 0.25) is 0 Å². The predicted molar refractivity (Wildman–Crippen MR) is 48.3 cm³/mol. The predicted octanol–water partition coefficient (Wildman–Crippen LogP) is -0.175. The number of hydrogen-bond donors (Lipinski definition) is 4. The lowest BCUT2D eigenvalue weighted by Crippen LogP contribution is -2.08. The molecule has 0 bridgehead atoms. The van der Waals surface area contributed by atoms with Crippen LogP contribution in [0.15, 0.2) is 0 Å². The zero-order chi connectivity index (χ0) is 11.4. The van der Waals surface area contributed by atoms with Crippen molar-refractivity contribution in [2.24, 2.45) is 0 Å². The maximum absolute atomic E-state index is 8.70. The van der Waals surface area contributed by atoms with Crippen LogP contribution in [0.2, 0.25) is 0 Å². The fourth-order valence-corrected chi connectivity index (χ4v) is 0. The standard InChI is InChI=1S/C4H11N.2HO3P/c1-4-5(2)3;2*1-4(2)3/h4H2,1-3H3;2*(H-,1,2,3)/p+2. The molecule has 0 aliphatic carbocycles. The van der Waals surface area contributed by atoms with Crippen molar-refractivity contribution in [1.82, 2.24) is 4.90 Å². The Morgan fingerprint density at radius 1 is 1.00 bits per heavy atom. The average molecular weight is 235 g/mol. The molecule has 0 saturated carbocycles. The van der Waals surface area contributed by atoms with E-state index in [1.807, 2.05) is 0 Å². The van der Waals surface area contributed by atoms with Crippen LogP contribution in [0.1, 0.15) is 6.92 Å². The van der Waals surface area contributed by atoms with Crippen molar-refractivity contribution in [2.45, 2.75) is 6.92 Å². The van der Waals surface area contributed by atoms with E-state index in [2.05, 4.69) is 25.9 Å². The van der Waals surface area contributed by atoms with E-state index in [0.29, 0.717) is 0 Å². The molecule has 0 spiro atoms. The first-order valence-corrected chi connectivity index (χ1v) is 5.41. The van der Waals surface area contributed by atoms with Crippen molar-refractivity contribution in [3.8, 4) is 0 Å². The van der Waals surface area contributed by atoms with Crippen LogP contribution in [0.5, 0.6) is 0 Å². The monoisotopic (exact) mass is 235 g/mol. The van der Waals surface area contributed by atoms with Crippen LogP contribution in [0.25, 0.3) is 0 Å². The quantitative estimate of drug-likeness (QED) is 0.465. The molecule has 0 aromatic rings. The lowest BCUT2D eigenvalue weighted by Gasteiger charge is -2.00. The second-order valence-electron chi connectivity index (χ2n) is 1.90. The van der Waals surface area contributed by atoms with E-state index < -0.39 is 16.5 Å². The van der Waals surface area contributed by atoms with E-state index in [0.717, 1.165) is 6.54 Å². The Balaban J connectivity index is -0.000000117. The van der Waals surface area contributed by atoms with E-state index in [-0.39, 0.29) is 0 Å². The van der Waals surface area contributed by atoms with E-state index in [1.54, 1.807) is 0 Å². The average Bonchev–Trinajstić information content (AvgIpc) is 1.84. The summed E-state index contributed by atoms with van der Waals surface area (Å²) in [6, 6.07) is 0. The summed E-state index contributed by atoms with van der Waals surface area (Å²) in [6.07, 6.45) is 0. The van der Waals surface area contributed by atoms with Gasteiger partial charge in [-0.2, -0.15) is 0 Å². The first-order chi connectivity index (χ1) is 5.73. The largest absolute Gasteiger partial charge is 0.692 e. The van der Waals surface area contributed by atoms with Crippen molar-refractivity contribution < 1.29 is 28.7 Å². The third kappa shape index (κ3) is 300. The minimum atomic E-state index is -2.87. The molecule has 0 unspecified atom stereocenters. The van der Waals surface area contributed by atoms with Gasteiger partial charge in [0.05, 0.1) is 0 Å². The molecule has 80 valence electrons. The van der Waals surface area contributed by atoms with Crippen LogP contribution < -0.4 is 0 Å². The highest BCUT2D eigenvalue weighted by molar-refractivity contribution is 7.31. The molecule has 0 rings (SSSR count). The van der Waals surface area contributed by atoms with Crippen LogP contribution in [0.3, 0.4) is 0 Å². The molecule has 0 aromatic carbocycles. The second kappa shape index (κ2) is 14.5. The normalized spacial score (nSPS) is 7.69. The molecular formula is C4H15NO6P2+2. The minimum Gasteiger partial charge on any atom is -0.310 e. The number of nitrogens with zero attached hydrogens (tertiary/aromatic N) is 1. The first-order valence-electron chi connectivity index (χ1n) is 3.08. The Hall–Kier alpha value is -0.0000000000000000416. The summed E-state index contributed by atoms with van der Waals surface area (Å²) in [5, 5.41) is 0. The lowest BCUT2D eigenvalue weighted by atomic mass is 10.7. The molecular weight excluding hydrogens is 220 g/mol. The Morgan fingerprint density at radius 2 is 1.08 bits per heavy atom. The van der Waals surface area contributed by atoms with Gasteiger partial charge in [0, 0.05) is 9.13 Å². The number of rotatable bonds is 1. The molecule has 0 amide bonds. The van der Waals surface area contributed by atoms with Crippen LogP contribution in [-0.4, -0.2) is 45.1 Å². The molecule has 0 aliphatic rings. The maximum atomic E-state index is 8.70. The van der Waals surface area contributed by atoms with Gasteiger partial charge < -0.3 is 4.90 Å². The van der Waals surface area contributed by atoms with Crippen molar-refractivity contribution in [2.75, 3.05) is 20.6 Å². The van der Waals surface area contributed by atoms with E-state index >= 15 is 0 Å². The van der Waals surface area contributed by atoms with E-state index in [9.17, 15) is 0 Å². The first kappa shape index (κ1) is 18.7. The Morgan fingerprint density at radius 3 is 1.08 bits per heavy atom. The third-order valence-electron chi connectivity index (χ3n) is 0.632. The van der Waals surface area contributed by atoms with E-state index in [4.69, 9.17) is 28.7 Å². The van der Waals surface area contributed by atoms with Crippen molar-refractivity contribution in [3.05, 3.63) is 0 Å². The summed E-state index contributed by atoms with van der Waals surface area (Å²) in [4.78, 5) is 30.6. The molecule has 13 heavy (non-hydrogen) atoms. The molecule has 0 fully saturated rings. The summed E-state index contributed by atoms with van der Waals surface area (Å²) in [6.45, 7) is 3.26. The van der Waals surface area contributed by atoms with Gasteiger partial charge in [-0.05, 0) is 20.6 Å². The fourth-order valence-electron chi connectivity index (χ4n) is 0. The second-order valence-corrected chi connectivity index (χ2v) is 2.91. The molecule has 0 heterocycles. The summed E-state index contributed by atoms with van der Waals surface area (Å²) in [7, 11) is -1.63. The Bertz CT molecular complexity index is 121.